The van der Waals surface area contributed by atoms with Gasteiger partial charge in [0, 0.05) is 25.4 Å². The van der Waals surface area contributed by atoms with Gasteiger partial charge in [-0.2, -0.15) is 5.10 Å². The molecule has 0 saturated heterocycles. The van der Waals surface area contributed by atoms with Gasteiger partial charge in [-0.15, -0.1) is 0 Å². The van der Waals surface area contributed by atoms with Gasteiger partial charge in [0.2, 0.25) is 0 Å². The Kier molecular flexibility index (Phi) is 4.34. The van der Waals surface area contributed by atoms with Crippen LogP contribution in [0.15, 0.2) is 18.5 Å². The van der Waals surface area contributed by atoms with Crippen LogP contribution in [-0.2, 0) is 20.0 Å². The van der Waals surface area contributed by atoms with Gasteiger partial charge < -0.3 is 5.32 Å². The van der Waals surface area contributed by atoms with Crippen molar-refractivity contribution in [2.45, 2.75) is 19.9 Å². The van der Waals surface area contributed by atoms with E-state index in [-0.39, 0.29) is 10.7 Å². The lowest BCUT2D eigenvalue weighted by Gasteiger charge is -2.06. The highest BCUT2D eigenvalue weighted by atomic mass is 35.5. The second-order valence-corrected chi connectivity index (χ2v) is 4.66. The lowest BCUT2D eigenvalue weighted by Crippen LogP contribution is -2.23. The molecule has 0 aliphatic rings. The normalized spacial score (nSPS) is 10.6. The summed E-state index contributed by atoms with van der Waals surface area (Å²) in [5.41, 5.74) is 1.86. The standard InChI is InChI=1S/C13H14ClFN4O/c1-3-11-8(7-19(2)18-11)5-17-13(20)10-4-9(15)6-16-12(10)14/h4,6-7H,3,5H2,1-2H3,(H,17,20). The number of hydrogen-bond acceptors (Lipinski definition) is 3. The van der Waals surface area contributed by atoms with Crippen molar-refractivity contribution in [3.8, 4) is 0 Å². The average molecular weight is 297 g/mol. The van der Waals surface area contributed by atoms with E-state index in [9.17, 15) is 9.18 Å². The van der Waals surface area contributed by atoms with E-state index in [1.165, 1.54) is 0 Å². The zero-order chi connectivity index (χ0) is 14.7. The number of pyridine rings is 1. The molecule has 0 aromatic carbocycles. The SMILES string of the molecule is CCc1nn(C)cc1CNC(=O)c1cc(F)cnc1Cl. The molecule has 0 aliphatic heterocycles. The van der Waals surface area contributed by atoms with Gasteiger partial charge in [-0.05, 0) is 12.5 Å². The van der Waals surface area contributed by atoms with Crippen molar-refractivity contribution in [2.75, 3.05) is 0 Å². The van der Waals surface area contributed by atoms with E-state index in [2.05, 4.69) is 15.4 Å². The Morgan fingerprint density at radius 2 is 2.30 bits per heavy atom. The third-order valence-corrected chi connectivity index (χ3v) is 3.12. The van der Waals surface area contributed by atoms with Crippen molar-refractivity contribution < 1.29 is 9.18 Å². The van der Waals surface area contributed by atoms with Crippen molar-refractivity contribution in [3.63, 3.8) is 0 Å². The van der Waals surface area contributed by atoms with Gasteiger partial charge in [-0.1, -0.05) is 18.5 Å². The van der Waals surface area contributed by atoms with E-state index in [1.807, 2.05) is 20.2 Å². The van der Waals surface area contributed by atoms with Crippen LogP contribution in [0.4, 0.5) is 4.39 Å². The van der Waals surface area contributed by atoms with Crippen LogP contribution in [0.1, 0.15) is 28.5 Å². The van der Waals surface area contributed by atoms with Gasteiger partial charge in [0.05, 0.1) is 17.5 Å². The summed E-state index contributed by atoms with van der Waals surface area (Å²) < 4.78 is 14.8. The molecule has 1 N–H and O–H groups in total. The summed E-state index contributed by atoms with van der Waals surface area (Å²) in [6.45, 7) is 2.30. The number of aryl methyl sites for hydroxylation is 2. The van der Waals surface area contributed by atoms with Gasteiger partial charge in [-0.3, -0.25) is 9.48 Å². The summed E-state index contributed by atoms with van der Waals surface area (Å²) in [5, 5.41) is 6.94. The van der Waals surface area contributed by atoms with E-state index in [4.69, 9.17) is 11.6 Å². The van der Waals surface area contributed by atoms with Crippen LogP contribution in [0, 0.1) is 5.82 Å². The molecule has 0 unspecified atom stereocenters. The number of rotatable bonds is 4. The highest BCUT2D eigenvalue weighted by Crippen LogP contribution is 2.14. The van der Waals surface area contributed by atoms with Crippen LogP contribution < -0.4 is 5.32 Å². The summed E-state index contributed by atoms with van der Waals surface area (Å²) >= 11 is 5.78. The van der Waals surface area contributed by atoms with Crippen molar-refractivity contribution in [2.24, 2.45) is 7.05 Å². The Bertz CT molecular complexity index is 641. The van der Waals surface area contributed by atoms with Crippen molar-refractivity contribution in [3.05, 3.63) is 46.3 Å². The molecular weight excluding hydrogens is 283 g/mol. The van der Waals surface area contributed by atoms with Gasteiger partial charge in [-0.25, -0.2) is 9.37 Å². The highest BCUT2D eigenvalue weighted by Gasteiger charge is 2.14. The maximum absolute atomic E-state index is 13.1. The molecule has 20 heavy (non-hydrogen) atoms. The fourth-order valence-electron chi connectivity index (χ4n) is 1.88. The fraction of sp³-hybridized carbons (Fsp3) is 0.308. The van der Waals surface area contributed by atoms with Gasteiger partial charge in [0.1, 0.15) is 11.0 Å². The second-order valence-electron chi connectivity index (χ2n) is 4.30. The molecule has 7 heteroatoms. The Balaban J connectivity index is 2.10. The third-order valence-electron chi connectivity index (χ3n) is 2.82. The molecule has 2 aromatic rings. The Labute approximate surface area is 120 Å². The van der Waals surface area contributed by atoms with Crippen LogP contribution in [0.2, 0.25) is 5.15 Å². The first-order valence-electron chi connectivity index (χ1n) is 6.12. The Morgan fingerprint density at radius 1 is 1.55 bits per heavy atom. The van der Waals surface area contributed by atoms with Crippen LogP contribution >= 0.6 is 11.6 Å². The summed E-state index contributed by atoms with van der Waals surface area (Å²) in [6.07, 6.45) is 3.58. The topological polar surface area (TPSA) is 59.8 Å². The first-order chi connectivity index (χ1) is 9.51. The Morgan fingerprint density at radius 3 is 3.00 bits per heavy atom. The fourth-order valence-corrected chi connectivity index (χ4v) is 2.07. The largest absolute Gasteiger partial charge is 0.348 e. The zero-order valence-electron chi connectivity index (χ0n) is 11.2. The van der Waals surface area contributed by atoms with Crippen LogP contribution in [0.25, 0.3) is 0 Å². The summed E-state index contributed by atoms with van der Waals surface area (Å²) in [5.74, 6) is -1.07. The predicted octanol–water partition coefficient (Wildman–Crippen LogP) is 2.10. The minimum Gasteiger partial charge on any atom is -0.348 e. The monoisotopic (exact) mass is 296 g/mol. The quantitative estimate of drug-likeness (QED) is 0.879. The van der Waals surface area contributed by atoms with Gasteiger partial charge in [0.25, 0.3) is 5.91 Å². The molecular formula is C13H14ClFN4O. The summed E-state index contributed by atoms with van der Waals surface area (Å²) in [6, 6.07) is 1.06. The second kappa shape index (κ2) is 6.00. The number of amides is 1. The van der Waals surface area contributed by atoms with E-state index >= 15 is 0 Å². The molecule has 0 atom stereocenters. The number of halogens is 2. The van der Waals surface area contributed by atoms with Crippen molar-refractivity contribution in [1.29, 1.82) is 0 Å². The molecule has 2 aromatic heterocycles. The first-order valence-corrected chi connectivity index (χ1v) is 6.49. The molecule has 1 amide bonds. The lowest BCUT2D eigenvalue weighted by atomic mass is 10.2. The van der Waals surface area contributed by atoms with E-state index < -0.39 is 11.7 Å². The van der Waals surface area contributed by atoms with Crippen molar-refractivity contribution in [1.82, 2.24) is 20.1 Å². The highest BCUT2D eigenvalue weighted by molar-refractivity contribution is 6.32. The molecule has 5 nitrogen and oxygen atoms in total. The zero-order valence-corrected chi connectivity index (χ0v) is 11.9. The van der Waals surface area contributed by atoms with Crippen LogP contribution in [0.3, 0.4) is 0 Å². The smallest absolute Gasteiger partial charge is 0.254 e. The molecule has 0 bridgehead atoms. The van der Waals surface area contributed by atoms with Crippen LogP contribution in [0.5, 0.6) is 0 Å². The summed E-state index contributed by atoms with van der Waals surface area (Å²) in [7, 11) is 1.82. The molecule has 2 rings (SSSR count). The van der Waals surface area contributed by atoms with Crippen LogP contribution in [-0.4, -0.2) is 20.7 Å². The average Bonchev–Trinajstić information content (AvgIpc) is 2.79. The molecule has 0 radical (unpaired) electrons. The Hall–Kier alpha value is -1.95. The van der Waals surface area contributed by atoms with E-state index in [0.717, 1.165) is 29.9 Å². The first kappa shape index (κ1) is 14.5. The minimum absolute atomic E-state index is 0.0219. The molecule has 0 fully saturated rings. The number of carbonyl (C=O) groups is 1. The van der Waals surface area contributed by atoms with E-state index in [1.54, 1.807) is 4.68 Å². The summed E-state index contributed by atoms with van der Waals surface area (Å²) in [4.78, 5) is 15.6. The molecule has 2 heterocycles. The van der Waals surface area contributed by atoms with E-state index in [0.29, 0.717) is 6.54 Å². The molecule has 106 valence electrons. The molecule has 0 spiro atoms. The van der Waals surface area contributed by atoms with Gasteiger partial charge in [0.15, 0.2) is 0 Å². The van der Waals surface area contributed by atoms with Gasteiger partial charge >= 0.3 is 0 Å². The third kappa shape index (κ3) is 3.14. The number of carbonyl (C=O) groups excluding carboxylic acids is 1. The number of nitrogens with one attached hydrogen (secondary N) is 1. The predicted molar refractivity (Wildman–Crippen MR) is 73.0 cm³/mol. The number of hydrogen-bond donors (Lipinski definition) is 1. The molecule has 0 saturated carbocycles. The molecule has 0 aliphatic carbocycles. The van der Waals surface area contributed by atoms with Crippen molar-refractivity contribution >= 4 is 17.5 Å². The maximum Gasteiger partial charge on any atom is 0.254 e. The maximum atomic E-state index is 13.1. The number of aromatic nitrogens is 3. The minimum atomic E-state index is -0.602. The number of nitrogens with zero attached hydrogens (tertiary/aromatic N) is 3. The lowest BCUT2D eigenvalue weighted by molar-refractivity contribution is 0.0950.